The monoisotopic (exact) mass is 156 g/mol. The van der Waals surface area contributed by atoms with Crippen LogP contribution in [0.1, 0.15) is 18.4 Å². The molecule has 2 rings (SSSR count). The Kier molecular flexibility index (Phi) is 1.26. The average molecular weight is 156 g/mol. The van der Waals surface area contributed by atoms with Crippen LogP contribution in [0.3, 0.4) is 0 Å². The van der Waals surface area contributed by atoms with Crippen LogP contribution in [0.4, 0.5) is 4.53 Å². The number of rotatable bonds is 2. The van der Waals surface area contributed by atoms with Crippen molar-refractivity contribution in [2.75, 3.05) is 0 Å². The summed E-state index contributed by atoms with van der Waals surface area (Å²) in [6.07, 6.45) is 4.95. The van der Waals surface area contributed by atoms with Gasteiger partial charge in [-0.2, -0.15) is 10.0 Å². The van der Waals surface area contributed by atoms with Crippen molar-refractivity contribution in [1.29, 1.82) is 0 Å². The first-order valence-corrected chi connectivity index (χ1v) is 3.56. The van der Waals surface area contributed by atoms with Crippen molar-refractivity contribution < 1.29 is 9.47 Å². The summed E-state index contributed by atoms with van der Waals surface area (Å²) in [6, 6.07) is 0. The molecule has 4 heteroatoms. The molecule has 0 bridgehead atoms. The first kappa shape index (κ1) is 6.79. The molecule has 1 fully saturated rings. The molecular formula is C7H9FN2O. The largest absolute Gasteiger partial charge is 0.275 e. The molecule has 60 valence electrons. The Morgan fingerprint density at radius 3 is 2.82 bits per heavy atom. The van der Waals surface area contributed by atoms with Crippen LogP contribution in [-0.4, -0.2) is 9.78 Å². The summed E-state index contributed by atoms with van der Waals surface area (Å²) in [7, 11) is 1.80. The molecule has 1 heterocycles. The summed E-state index contributed by atoms with van der Waals surface area (Å²) < 4.78 is 13.6. The van der Waals surface area contributed by atoms with E-state index >= 15 is 0 Å². The van der Waals surface area contributed by atoms with Crippen molar-refractivity contribution in [1.82, 2.24) is 9.78 Å². The molecule has 1 aromatic rings. The van der Waals surface area contributed by atoms with Gasteiger partial charge in [-0.3, -0.25) is 4.68 Å². The summed E-state index contributed by atoms with van der Waals surface area (Å²) in [4.78, 5) is 3.89. The zero-order valence-corrected chi connectivity index (χ0v) is 6.25. The van der Waals surface area contributed by atoms with E-state index in [2.05, 4.69) is 10.0 Å². The normalized spacial score (nSPS) is 20.2. The highest BCUT2D eigenvalue weighted by atomic mass is 19.3. The van der Waals surface area contributed by atoms with E-state index in [0.717, 1.165) is 18.4 Å². The van der Waals surface area contributed by atoms with Gasteiger partial charge in [-0.15, -0.1) is 0 Å². The Labute approximate surface area is 63.7 Å². The van der Waals surface area contributed by atoms with Crippen molar-refractivity contribution in [2.45, 2.75) is 18.4 Å². The SMILES string of the molecule is Cn1cc(C2(OF)CC2)cn1. The minimum atomic E-state index is -0.645. The molecule has 3 nitrogen and oxygen atoms in total. The summed E-state index contributed by atoms with van der Waals surface area (Å²) in [5.74, 6) is 0. The molecule has 0 atom stereocenters. The summed E-state index contributed by atoms with van der Waals surface area (Å²) >= 11 is 0. The van der Waals surface area contributed by atoms with Gasteiger partial charge in [-0.1, -0.05) is 0 Å². The predicted octanol–water partition coefficient (Wildman–Crippen LogP) is 1.31. The summed E-state index contributed by atoms with van der Waals surface area (Å²) in [6.45, 7) is 0. The van der Waals surface area contributed by atoms with Crippen LogP contribution < -0.4 is 0 Å². The molecule has 1 aromatic heterocycles. The van der Waals surface area contributed by atoms with Gasteiger partial charge in [0.15, 0.2) is 0 Å². The molecule has 0 amide bonds. The molecule has 0 spiro atoms. The predicted molar refractivity (Wildman–Crippen MR) is 36.3 cm³/mol. The van der Waals surface area contributed by atoms with Gasteiger partial charge in [0.1, 0.15) is 5.60 Å². The highest BCUT2D eigenvalue weighted by Gasteiger charge is 2.48. The van der Waals surface area contributed by atoms with E-state index in [1.165, 1.54) is 0 Å². The quantitative estimate of drug-likeness (QED) is 0.645. The third kappa shape index (κ3) is 0.939. The smallest absolute Gasteiger partial charge is 0.137 e. The molecule has 0 aromatic carbocycles. The standard InChI is InChI=1S/C7H9FN2O/c1-10-5-6(4-9-10)7(11-8)2-3-7/h4-5H,2-3H2,1H3. The highest BCUT2D eigenvalue weighted by molar-refractivity contribution is 5.21. The van der Waals surface area contributed by atoms with Gasteiger partial charge in [0, 0.05) is 18.8 Å². The molecule has 11 heavy (non-hydrogen) atoms. The number of halogens is 1. The van der Waals surface area contributed by atoms with E-state index in [0.29, 0.717) is 0 Å². The van der Waals surface area contributed by atoms with E-state index in [1.807, 2.05) is 0 Å². The number of aromatic nitrogens is 2. The molecule has 1 aliphatic rings. The summed E-state index contributed by atoms with van der Waals surface area (Å²) in [5.41, 5.74) is 0.191. The van der Waals surface area contributed by atoms with Crippen molar-refractivity contribution in [3.8, 4) is 0 Å². The van der Waals surface area contributed by atoms with Gasteiger partial charge in [-0.25, -0.2) is 0 Å². The van der Waals surface area contributed by atoms with Crippen molar-refractivity contribution in [2.24, 2.45) is 7.05 Å². The molecule has 0 radical (unpaired) electrons. The molecule has 1 aliphatic carbocycles. The Balaban J connectivity index is 2.29. The van der Waals surface area contributed by atoms with E-state index in [9.17, 15) is 4.53 Å². The fraction of sp³-hybridized carbons (Fsp3) is 0.571. The van der Waals surface area contributed by atoms with E-state index in [-0.39, 0.29) is 0 Å². The van der Waals surface area contributed by atoms with Crippen LogP contribution in [0, 0.1) is 0 Å². The van der Waals surface area contributed by atoms with Gasteiger partial charge in [0.2, 0.25) is 0 Å². The zero-order chi connectivity index (χ0) is 7.90. The van der Waals surface area contributed by atoms with Crippen LogP contribution in [0.2, 0.25) is 0 Å². The average Bonchev–Trinajstić information content (AvgIpc) is 2.70. The molecular weight excluding hydrogens is 147 g/mol. The number of hydrogen-bond donors (Lipinski definition) is 0. The minimum absolute atomic E-state index is 0.645. The zero-order valence-electron chi connectivity index (χ0n) is 6.25. The van der Waals surface area contributed by atoms with Crippen LogP contribution in [0.25, 0.3) is 0 Å². The second-order valence-corrected chi connectivity index (χ2v) is 2.97. The van der Waals surface area contributed by atoms with E-state index in [4.69, 9.17) is 0 Å². The summed E-state index contributed by atoms with van der Waals surface area (Å²) in [5, 5.41) is 3.94. The molecule has 0 saturated heterocycles. The van der Waals surface area contributed by atoms with Gasteiger partial charge in [0.25, 0.3) is 0 Å². The second-order valence-electron chi connectivity index (χ2n) is 2.97. The Morgan fingerprint density at radius 2 is 2.45 bits per heavy atom. The first-order valence-electron chi connectivity index (χ1n) is 3.56. The lowest BCUT2D eigenvalue weighted by atomic mass is 10.2. The highest BCUT2D eigenvalue weighted by Crippen LogP contribution is 2.49. The van der Waals surface area contributed by atoms with Gasteiger partial charge < -0.3 is 0 Å². The lowest BCUT2D eigenvalue weighted by molar-refractivity contribution is -0.198. The second kappa shape index (κ2) is 2.04. The number of hydrogen-bond acceptors (Lipinski definition) is 2. The maximum absolute atomic E-state index is 12.0. The third-order valence-electron chi connectivity index (χ3n) is 2.08. The van der Waals surface area contributed by atoms with Crippen LogP contribution >= 0.6 is 0 Å². The minimum Gasteiger partial charge on any atom is -0.275 e. The fourth-order valence-electron chi connectivity index (χ4n) is 1.18. The lowest BCUT2D eigenvalue weighted by Crippen LogP contribution is -2.04. The molecule has 0 unspecified atom stereocenters. The van der Waals surface area contributed by atoms with Crippen molar-refractivity contribution >= 4 is 0 Å². The number of aryl methyl sites for hydroxylation is 1. The Morgan fingerprint density at radius 1 is 1.73 bits per heavy atom. The van der Waals surface area contributed by atoms with Crippen LogP contribution in [0.15, 0.2) is 12.4 Å². The van der Waals surface area contributed by atoms with Crippen LogP contribution in [-0.2, 0) is 17.6 Å². The van der Waals surface area contributed by atoms with Gasteiger partial charge in [0.05, 0.1) is 6.20 Å². The fourth-order valence-corrected chi connectivity index (χ4v) is 1.18. The topological polar surface area (TPSA) is 27.1 Å². The molecule has 0 N–H and O–H groups in total. The Hall–Kier alpha value is -0.900. The third-order valence-corrected chi connectivity index (χ3v) is 2.08. The lowest BCUT2D eigenvalue weighted by Gasteiger charge is -2.03. The van der Waals surface area contributed by atoms with Crippen molar-refractivity contribution in [3.63, 3.8) is 0 Å². The van der Waals surface area contributed by atoms with Gasteiger partial charge >= 0.3 is 0 Å². The van der Waals surface area contributed by atoms with Gasteiger partial charge in [-0.05, 0) is 17.4 Å². The maximum atomic E-state index is 12.0. The first-order chi connectivity index (χ1) is 5.27. The van der Waals surface area contributed by atoms with Crippen molar-refractivity contribution in [3.05, 3.63) is 18.0 Å². The van der Waals surface area contributed by atoms with Crippen LogP contribution in [0.5, 0.6) is 0 Å². The molecule has 1 saturated carbocycles. The van der Waals surface area contributed by atoms with E-state index in [1.54, 1.807) is 24.1 Å². The maximum Gasteiger partial charge on any atom is 0.137 e. The number of nitrogens with zero attached hydrogens (tertiary/aromatic N) is 2. The Bertz CT molecular complexity index is 267. The molecule has 0 aliphatic heterocycles. The van der Waals surface area contributed by atoms with E-state index < -0.39 is 5.60 Å².